The third-order valence-electron chi connectivity index (χ3n) is 9.26. The van der Waals surface area contributed by atoms with E-state index in [2.05, 4.69) is 25.6 Å². The summed E-state index contributed by atoms with van der Waals surface area (Å²) in [6, 6.07) is 5.59. The molecular formula is C30H40F2N8O3. The molecule has 43 heavy (non-hydrogen) atoms. The average Bonchev–Trinajstić information content (AvgIpc) is 3.74. The predicted molar refractivity (Wildman–Crippen MR) is 159 cm³/mol. The Bertz CT molecular complexity index is 1340. The fourth-order valence-electron chi connectivity index (χ4n) is 6.84. The van der Waals surface area contributed by atoms with Crippen LogP contribution in [-0.2, 0) is 4.79 Å². The Hall–Kier alpha value is -3.58. The number of carbonyl (C=O) groups excluding carboxylic acids is 2. The van der Waals surface area contributed by atoms with Crippen LogP contribution in [0.25, 0.3) is 0 Å². The van der Waals surface area contributed by atoms with Gasteiger partial charge in [-0.3, -0.25) is 19.9 Å². The van der Waals surface area contributed by atoms with Crippen LogP contribution in [0, 0.1) is 0 Å². The smallest absolute Gasteiger partial charge is 0.342 e. The second kappa shape index (κ2) is 12.2. The lowest BCUT2D eigenvalue weighted by Gasteiger charge is -2.37. The molecule has 1 saturated heterocycles. The number of anilines is 4. The SMILES string of the molecule is COc1cc(C(=O)NN2CCN(C3CCCC3)CC2)ccc1Nc1ncc2c(n1)N(C1CCCC1)CC(F)(F)C(=O)N2C. The van der Waals surface area contributed by atoms with E-state index in [1.165, 1.54) is 46.0 Å². The van der Waals surface area contributed by atoms with Crippen molar-refractivity contribution >= 4 is 35.0 Å². The number of amides is 2. The zero-order chi connectivity index (χ0) is 30.1. The minimum atomic E-state index is -3.55. The molecule has 0 radical (unpaired) electrons. The number of hydrogen-bond donors (Lipinski definition) is 2. The number of fused-ring (bicyclic) bond motifs is 1. The summed E-state index contributed by atoms with van der Waals surface area (Å²) in [4.78, 5) is 39.6. The van der Waals surface area contributed by atoms with Crippen LogP contribution < -0.4 is 25.3 Å². The molecule has 1 aromatic carbocycles. The van der Waals surface area contributed by atoms with Crippen LogP contribution in [0.4, 0.5) is 31.9 Å². The molecule has 13 heteroatoms. The molecule has 1 aromatic heterocycles. The van der Waals surface area contributed by atoms with Crippen LogP contribution in [0.15, 0.2) is 24.4 Å². The Morgan fingerprint density at radius 1 is 1.02 bits per heavy atom. The van der Waals surface area contributed by atoms with Gasteiger partial charge >= 0.3 is 5.92 Å². The summed E-state index contributed by atoms with van der Waals surface area (Å²) in [5.74, 6) is -4.17. The zero-order valence-electron chi connectivity index (χ0n) is 24.8. The Labute approximate surface area is 250 Å². The summed E-state index contributed by atoms with van der Waals surface area (Å²) < 4.78 is 35.4. The molecule has 232 valence electrons. The molecule has 2 aromatic rings. The van der Waals surface area contributed by atoms with Gasteiger partial charge in [0.1, 0.15) is 11.4 Å². The van der Waals surface area contributed by atoms with Gasteiger partial charge < -0.3 is 19.9 Å². The monoisotopic (exact) mass is 598 g/mol. The Balaban J connectivity index is 1.17. The van der Waals surface area contributed by atoms with E-state index < -0.39 is 18.4 Å². The van der Waals surface area contributed by atoms with Gasteiger partial charge in [-0.1, -0.05) is 25.7 Å². The first-order valence-corrected chi connectivity index (χ1v) is 15.3. The molecule has 2 N–H and O–H groups in total. The third kappa shape index (κ3) is 6.10. The molecule has 3 fully saturated rings. The van der Waals surface area contributed by atoms with Gasteiger partial charge in [-0.15, -0.1) is 0 Å². The second-order valence-electron chi connectivity index (χ2n) is 12.0. The first-order chi connectivity index (χ1) is 20.7. The van der Waals surface area contributed by atoms with Gasteiger partial charge in [0.2, 0.25) is 5.95 Å². The first-order valence-electron chi connectivity index (χ1n) is 15.3. The van der Waals surface area contributed by atoms with E-state index in [0.29, 0.717) is 28.9 Å². The highest BCUT2D eigenvalue weighted by atomic mass is 19.3. The first kappa shape index (κ1) is 29.5. The molecule has 2 aliphatic carbocycles. The topological polar surface area (TPSA) is 106 Å². The molecule has 3 heterocycles. The summed E-state index contributed by atoms with van der Waals surface area (Å²) in [6.45, 7) is 2.71. The summed E-state index contributed by atoms with van der Waals surface area (Å²) >= 11 is 0. The van der Waals surface area contributed by atoms with Crippen molar-refractivity contribution in [2.45, 2.75) is 69.4 Å². The van der Waals surface area contributed by atoms with Gasteiger partial charge in [-0.25, -0.2) is 9.99 Å². The molecule has 0 spiro atoms. The fraction of sp³-hybridized carbons (Fsp3) is 0.600. The van der Waals surface area contributed by atoms with Gasteiger partial charge in [0.05, 0.1) is 25.5 Å². The van der Waals surface area contributed by atoms with E-state index >= 15 is 0 Å². The zero-order valence-corrected chi connectivity index (χ0v) is 24.8. The summed E-state index contributed by atoms with van der Waals surface area (Å²) in [6.07, 6.45) is 9.95. The van der Waals surface area contributed by atoms with Gasteiger partial charge in [0.25, 0.3) is 11.8 Å². The molecule has 0 atom stereocenters. The highest BCUT2D eigenvalue weighted by molar-refractivity contribution is 6.02. The van der Waals surface area contributed by atoms with Gasteiger partial charge in [0, 0.05) is 50.9 Å². The van der Waals surface area contributed by atoms with Gasteiger partial charge in [-0.05, 0) is 43.9 Å². The Kier molecular flexibility index (Phi) is 8.36. The number of nitrogens with one attached hydrogen (secondary N) is 2. The molecule has 6 rings (SSSR count). The number of hydrogen-bond acceptors (Lipinski definition) is 9. The van der Waals surface area contributed by atoms with Crippen molar-refractivity contribution in [3.63, 3.8) is 0 Å². The molecule has 0 bridgehead atoms. The maximum atomic E-state index is 14.9. The number of aromatic nitrogens is 2. The highest BCUT2D eigenvalue weighted by Crippen LogP contribution is 2.40. The number of alkyl halides is 2. The lowest BCUT2D eigenvalue weighted by molar-refractivity contribution is -0.140. The van der Waals surface area contributed by atoms with E-state index in [0.717, 1.165) is 56.8 Å². The number of hydrazine groups is 1. The molecule has 2 saturated carbocycles. The molecule has 0 unspecified atom stereocenters. The van der Waals surface area contributed by atoms with E-state index in [4.69, 9.17) is 4.74 Å². The summed E-state index contributed by atoms with van der Waals surface area (Å²) in [7, 11) is 2.83. The number of piperazine rings is 1. The molecule has 4 aliphatic rings. The van der Waals surface area contributed by atoms with E-state index in [1.807, 2.05) is 5.01 Å². The average molecular weight is 599 g/mol. The lowest BCUT2D eigenvalue weighted by Crippen LogP contribution is -2.55. The van der Waals surface area contributed by atoms with Crippen LogP contribution in [0.5, 0.6) is 5.75 Å². The van der Waals surface area contributed by atoms with E-state index in [1.54, 1.807) is 23.1 Å². The predicted octanol–water partition coefficient (Wildman–Crippen LogP) is 3.79. The standard InChI is InChI=1S/C30H40F2N8O3/c1-37-24-18-33-29(35-26(24)40(22-9-5-6-10-22)19-30(31,32)28(37)42)34-23-12-11-20(17-25(23)43-2)27(41)36-39-15-13-38(14-16-39)21-7-3-4-8-21/h11-12,17-18,21-22H,3-10,13-16,19H2,1-2H3,(H,36,41)(H,33,34,35). The normalized spacial score (nSPS) is 22.0. The summed E-state index contributed by atoms with van der Waals surface area (Å²) in [5, 5.41) is 5.09. The Morgan fingerprint density at radius 3 is 2.37 bits per heavy atom. The summed E-state index contributed by atoms with van der Waals surface area (Å²) in [5.41, 5.74) is 4.22. The lowest BCUT2D eigenvalue weighted by atomic mass is 10.1. The maximum absolute atomic E-state index is 14.9. The van der Waals surface area contributed by atoms with E-state index in [9.17, 15) is 18.4 Å². The van der Waals surface area contributed by atoms with Crippen molar-refractivity contribution < 1.29 is 23.1 Å². The van der Waals surface area contributed by atoms with Crippen LogP contribution in [-0.4, -0.2) is 96.6 Å². The van der Waals surface area contributed by atoms with Crippen LogP contribution in [0.1, 0.15) is 61.7 Å². The number of rotatable bonds is 7. The van der Waals surface area contributed by atoms with E-state index in [-0.39, 0.29) is 23.6 Å². The van der Waals surface area contributed by atoms with Crippen molar-refractivity contribution in [2.24, 2.45) is 0 Å². The van der Waals surface area contributed by atoms with Crippen molar-refractivity contribution in [3.05, 3.63) is 30.0 Å². The number of carbonyl (C=O) groups is 2. The second-order valence-corrected chi connectivity index (χ2v) is 12.0. The number of ether oxygens (including phenoxy) is 1. The highest BCUT2D eigenvalue weighted by Gasteiger charge is 2.48. The quantitative estimate of drug-likeness (QED) is 0.493. The van der Waals surface area contributed by atoms with Crippen LogP contribution >= 0.6 is 0 Å². The minimum absolute atomic E-state index is 0.135. The van der Waals surface area contributed by atoms with Crippen molar-refractivity contribution in [1.82, 2.24) is 25.3 Å². The minimum Gasteiger partial charge on any atom is -0.495 e. The van der Waals surface area contributed by atoms with Crippen molar-refractivity contribution in [3.8, 4) is 5.75 Å². The Morgan fingerprint density at radius 2 is 1.70 bits per heavy atom. The number of benzene rings is 1. The number of halogens is 2. The van der Waals surface area contributed by atoms with Gasteiger partial charge in [-0.2, -0.15) is 13.8 Å². The molecule has 11 nitrogen and oxygen atoms in total. The van der Waals surface area contributed by atoms with Crippen LogP contribution in [0.3, 0.4) is 0 Å². The van der Waals surface area contributed by atoms with Crippen LogP contribution in [0.2, 0.25) is 0 Å². The molecule has 2 amide bonds. The van der Waals surface area contributed by atoms with Crippen molar-refractivity contribution in [2.75, 3.05) is 62.0 Å². The maximum Gasteiger partial charge on any atom is 0.342 e. The largest absolute Gasteiger partial charge is 0.495 e. The van der Waals surface area contributed by atoms with Crippen molar-refractivity contribution in [1.29, 1.82) is 0 Å². The molecule has 2 aliphatic heterocycles. The third-order valence-corrected chi connectivity index (χ3v) is 9.26. The fourth-order valence-corrected chi connectivity index (χ4v) is 6.84. The van der Waals surface area contributed by atoms with Gasteiger partial charge in [0.15, 0.2) is 5.82 Å². The number of nitrogens with zero attached hydrogens (tertiary/aromatic N) is 6. The molecular weight excluding hydrogens is 558 g/mol. The number of methoxy groups -OCH3 is 1.